The number of hydrogen-bond donors (Lipinski definition) is 0. The van der Waals surface area contributed by atoms with Crippen molar-refractivity contribution in [2.24, 2.45) is 17.3 Å². The Labute approximate surface area is 132 Å². The van der Waals surface area contributed by atoms with Crippen molar-refractivity contribution in [3.63, 3.8) is 0 Å². The molecule has 0 aliphatic carbocycles. The van der Waals surface area contributed by atoms with Gasteiger partial charge in [-0.05, 0) is 25.7 Å². The third kappa shape index (κ3) is 6.04. The van der Waals surface area contributed by atoms with Crippen molar-refractivity contribution in [3.05, 3.63) is 0 Å². The van der Waals surface area contributed by atoms with Crippen LogP contribution in [0.4, 0.5) is 39.5 Å². The molecule has 24 heavy (non-hydrogen) atoms. The zero-order valence-corrected chi connectivity index (χ0v) is 13.0. The maximum atomic E-state index is 12.9. The number of ether oxygens (including phenoxy) is 1. The molecular weight excluding hydrogens is 359 g/mol. The SMILES string of the molecule is CC(=O)OCC(C)CC(CC(C)(C(F)(F)F)C(F)(F)F)C(F)(F)F. The Bertz CT molecular complexity index is 409. The van der Waals surface area contributed by atoms with E-state index >= 15 is 0 Å². The molecule has 0 heterocycles. The van der Waals surface area contributed by atoms with E-state index in [1.54, 1.807) is 0 Å². The van der Waals surface area contributed by atoms with E-state index in [-0.39, 0.29) is 6.92 Å². The molecule has 0 fully saturated rings. The molecule has 0 aromatic heterocycles. The van der Waals surface area contributed by atoms with Crippen LogP contribution in [-0.4, -0.2) is 31.1 Å². The molecule has 0 aliphatic rings. The largest absolute Gasteiger partial charge is 0.466 e. The average molecular weight is 376 g/mol. The molecule has 0 saturated heterocycles. The second-order valence-electron chi connectivity index (χ2n) is 5.91. The van der Waals surface area contributed by atoms with Crippen LogP contribution in [0.5, 0.6) is 0 Å². The number of rotatable bonds is 6. The second kappa shape index (κ2) is 7.38. The van der Waals surface area contributed by atoms with Crippen LogP contribution in [0.3, 0.4) is 0 Å². The number of hydrogen-bond acceptors (Lipinski definition) is 2. The van der Waals surface area contributed by atoms with Crippen LogP contribution in [-0.2, 0) is 9.53 Å². The number of carbonyl (C=O) groups is 1. The van der Waals surface area contributed by atoms with Gasteiger partial charge < -0.3 is 4.74 Å². The Morgan fingerprint density at radius 1 is 0.958 bits per heavy atom. The lowest BCUT2D eigenvalue weighted by Gasteiger charge is -2.37. The van der Waals surface area contributed by atoms with Crippen LogP contribution in [0.2, 0.25) is 0 Å². The van der Waals surface area contributed by atoms with E-state index in [1.807, 2.05) is 0 Å². The first kappa shape index (κ1) is 22.8. The van der Waals surface area contributed by atoms with E-state index in [2.05, 4.69) is 4.74 Å². The number of alkyl halides is 9. The fraction of sp³-hybridized carbons (Fsp3) is 0.923. The highest BCUT2D eigenvalue weighted by atomic mass is 19.4. The van der Waals surface area contributed by atoms with Crippen molar-refractivity contribution in [1.82, 2.24) is 0 Å². The molecule has 2 unspecified atom stereocenters. The Morgan fingerprint density at radius 2 is 1.38 bits per heavy atom. The molecule has 11 heteroatoms. The molecule has 0 spiro atoms. The highest BCUT2D eigenvalue weighted by Crippen LogP contribution is 2.55. The van der Waals surface area contributed by atoms with Crippen LogP contribution < -0.4 is 0 Å². The van der Waals surface area contributed by atoms with Gasteiger partial charge in [-0.3, -0.25) is 4.79 Å². The van der Waals surface area contributed by atoms with Gasteiger partial charge in [0.25, 0.3) is 0 Å². The van der Waals surface area contributed by atoms with E-state index in [4.69, 9.17) is 0 Å². The average Bonchev–Trinajstić information content (AvgIpc) is 2.31. The molecule has 0 radical (unpaired) electrons. The zero-order chi connectivity index (χ0) is 19.6. The summed E-state index contributed by atoms with van der Waals surface area (Å²) in [6, 6.07) is 0. The summed E-state index contributed by atoms with van der Waals surface area (Å²) in [6.07, 6.45) is -20.3. The first-order chi connectivity index (χ1) is 10.4. The van der Waals surface area contributed by atoms with Crippen molar-refractivity contribution in [2.45, 2.75) is 52.1 Å². The maximum absolute atomic E-state index is 12.9. The fourth-order valence-corrected chi connectivity index (χ4v) is 2.03. The minimum atomic E-state index is -5.89. The quantitative estimate of drug-likeness (QED) is 0.466. The highest BCUT2D eigenvalue weighted by Gasteiger charge is 2.69. The molecule has 0 bridgehead atoms. The third-order valence-electron chi connectivity index (χ3n) is 3.63. The summed E-state index contributed by atoms with van der Waals surface area (Å²) in [7, 11) is 0. The fourth-order valence-electron chi connectivity index (χ4n) is 2.03. The summed E-state index contributed by atoms with van der Waals surface area (Å²) < 4.78 is 120. The van der Waals surface area contributed by atoms with Gasteiger partial charge in [0.15, 0.2) is 5.41 Å². The number of carbonyl (C=O) groups excluding carboxylic acids is 1. The third-order valence-corrected chi connectivity index (χ3v) is 3.63. The smallest absolute Gasteiger partial charge is 0.402 e. The van der Waals surface area contributed by atoms with Crippen LogP contribution in [0.25, 0.3) is 0 Å². The topological polar surface area (TPSA) is 26.3 Å². The molecule has 0 aromatic rings. The molecule has 0 aliphatic heterocycles. The predicted molar refractivity (Wildman–Crippen MR) is 64.8 cm³/mol. The zero-order valence-electron chi connectivity index (χ0n) is 13.0. The molecule has 2 nitrogen and oxygen atoms in total. The predicted octanol–water partition coefficient (Wildman–Crippen LogP) is 5.28. The Morgan fingerprint density at radius 3 is 1.67 bits per heavy atom. The van der Waals surface area contributed by atoms with Crippen molar-refractivity contribution >= 4 is 5.97 Å². The first-order valence-corrected chi connectivity index (χ1v) is 6.75. The van der Waals surface area contributed by atoms with E-state index < -0.39 is 61.2 Å². The molecule has 0 aromatic carbocycles. The van der Waals surface area contributed by atoms with Gasteiger partial charge in [0.1, 0.15) is 0 Å². The second-order valence-corrected chi connectivity index (χ2v) is 5.91. The molecule has 144 valence electrons. The van der Waals surface area contributed by atoms with Crippen molar-refractivity contribution in [1.29, 1.82) is 0 Å². The molecule has 0 amide bonds. The van der Waals surface area contributed by atoms with Gasteiger partial charge in [-0.1, -0.05) is 6.92 Å². The molecule has 0 saturated carbocycles. The van der Waals surface area contributed by atoms with Crippen LogP contribution >= 0.6 is 0 Å². The lowest BCUT2D eigenvalue weighted by Crippen LogP contribution is -2.50. The van der Waals surface area contributed by atoms with Crippen molar-refractivity contribution < 1.29 is 49.0 Å². The lowest BCUT2D eigenvalue weighted by molar-refractivity contribution is -0.346. The number of halogens is 9. The first-order valence-electron chi connectivity index (χ1n) is 6.75. The lowest BCUT2D eigenvalue weighted by atomic mass is 9.76. The molecular formula is C13H17F9O2. The Kier molecular flexibility index (Phi) is 7.03. The van der Waals surface area contributed by atoms with E-state index in [0.717, 1.165) is 13.8 Å². The van der Waals surface area contributed by atoms with Crippen molar-refractivity contribution in [2.75, 3.05) is 6.61 Å². The normalized spacial score (nSPS) is 16.7. The van der Waals surface area contributed by atoms with Crippen LogP contribution in [0.15, 0.2) is 0 Å². The van der Waals surface area contributed by atoms with Gasteiger partial charge >= 0.3 is 24.5 Å². The van der Waals surface area contributed by atoms with Gasteiger partial charge in [0.2, 0.25) is 0 Å². The number of esters is 1. The Hall–Kier alpha value is -1.16. The van der Waals surface area contributed by atoms with Crippen LogP contribution in [0, 0.1) is 17.3 Å². The van der Waals surface area contributed by atoms with Gasteiger partial charge in [0, 0.05) is 6.92 Å². The summed E-state index contributed by atoms with van der Waals surface area (Å²) in [5.41, 5.74) is -4.50. The minimum Gasteiger partial charge on any atom is -0.466 e. The van der Waals surface area contributed by atoms with Gasteiger partial charge in [-0.25, -0.2) is 0 Å². The van der Waals surface area contributed by atoms with Gasteiger partial charge in [-0.2, -0.15) is 39.5 Å². The molecule has 0 rings (SSSR count). The molecule has 0 N–H and O–H groups in total. The summed E-state index contributed by atoms with van der Waals surface area (Å²) >= 11 is 0. The van der Waals surface area contributed by atoms with Crippen LogP contribution in [0.1, 0.15) is 33.6 Å². The Balaban J connectivity index is 5.44. The van der Waals surface area contributed by atoms with Gasteiger partial charge in [0.05, 0.1) is 12.5 Å². The summed E-state index contributed by atoms with van der Waals surface area (Å²) in [6.45, 7) is 1.29. The highest BCUT2D eigenvalue weighted by molar-refractivity contribution is 5.65. The van der Waals surface area contributed by atoms with E-state index in [0.29, 0.717) is 0 Å². The van der Waals surface area contributed by atoms with E-state index in [1.165, 1.54) is 0 Å². The monoisotopic (exact) mass is 376 g/mol. The summed E-state index contributed by atoms with van der Waals surface area (Å²) in [5.74, 6) is -4.73. The van der Waals surface area contributed by atoms with E-state index in [9.17, 15) is 44.3 Å². The van der Waals surface area contributed by atoms with Crippen molar-refractivity contribution in [3.8, 4) is 0 Å². The minimum absolute atomic E-state index is 0.289. The summed E-state index contributed by atoms with van der Waals surface area (Å²) in [5, 5.41) is 0. The standard InChI is InChI=1S/C13H17F9O2/c1-7(6-24-8(2)23)4-9(11(14,15)16)5-10(3,12(17,18)19)13(20,21)22/h7,9H,4-6H2,1-3H3. The summed E-state index contributed by atoms with van der Waals surface area (Å²) in [4.78, 5) is 10.6. The van der Waals surface area contributed by atoms with Gasteiger partial charge in [-0.15, -0.1) is 0 Å². The molecule has 2 atom stereocenters. The maximum Gasteiger partial charge on any atom is 0.402 e.